The highest BCUT2D eigenvalue weighted by Crippen LogP contribution is 2.31. The lowest BCUT2D eigenvalue weighted by Crippen LogP contribution is -2.38. The maximum atomic E-state index is 13.8. The SMILES string of the molecule is CC1CCC(CN(F)C(C)C)CC1Nc1ccccc1. The standard InChI is InChI=1S/C17H27FN2/c1-13(2)20(18)12-15-10-9-14(3)17(11-15)19-16-7-5-4-6-8-16/h4-8,13-15,17,19H,9-12H2,1-3H3. The summed E-state index contributed by atoms with van der Waals surface area (Å²) in [6.07, 6.45) is 3.38. The van der Waals surface area contributed by atoms with Gasteiger partial charge in [-0.3, -0.25) is 0 Å². The first kappa shape index (κ1) is 15.3. The number of anilines is 1. The molecule has 0 aromatic heterocycles. The van der Waals surface area contributed by atoms with Crippen molar-refractivity contribution in [2.75, 3.05) is 11.9 Å². The molecule has 112 valence electrons. The van der Waals surface area contributed by atoms with Crippen LogP contribution in [0.5, 0.6) is 0 Å². The molecule has 2 nitrogen and oxygen atoms in total. The van der Waals surface area contributed by atoms with E-state index in [1.54, 1.807) is 0 Å². The normalized spacial score (nSPS) is 27.0. The topological polar surface area (TPSA) is 15.3 Å². The van der Waals surface area contributed by atoms with Crippen LogP contribution in [0.2, 0.25) is 0 Å². The molecular formula is C17H27FN2. The second-order valence-corrected chi connectivity index (χ2v) is 6.45. The molecule has 0 saturated heterocycles. The summed E-state index contributed by atoms with van der Waals surface area (Å²) in [6, 6.07) is 10.8. The van der Waals surface area contributed by atoms with Gasteiger partial charge in [-0.05, 0) is 57.1 Å². The van der Waals surface area contributed by atoms with Crippen molar-refractivity contribution >= 4 is 5.69 Å². The molecule has 0 heterocycles. The molecule has 0 bridgehead atoms. The maximum absolute atomic E-state index is 13.8. The van der Waals surface area contributed by atoms with Crippen molar-refractivity contribution in [1.29, 1.82) is 0 Å². The van der Waals surface area contributed by atoms with E-state index in [4.69, 9.17) is 0 Å². The first-order valence-electron chi connectivity index (χ1n) is 7.80. The third-order valence-electron chi connectivity index (χ3n) is 4.42. The summed E-state index contributed by atoms with van der Waals surface area (Å²) in [7, 11) is 0. The van der Waals surface area contributed by atoms with Gasteiger partial charge in [-0.1, -0.05) is 25.1 Å². The average molecular weight is 278 g/mol. The first-order valence-corrected chi connectivity index (χ1v) is 7.80. The van der Waals surface area contributed by atoms with Gasteiger partial charge in [0.1, 0.15) is 0 Å². The van der Waals surface area contributed by atoms with Gasteiger partial charge in [-0.25, -0.2) is 0 Å². The van der Waals surface area contributed by atoms with Gasteiger partial charge < -0.3 is 5.32 Å². The van der Waals surface area contributed by atoms with E-state index in [9.17, 15) is 4.48 Å². The average Bonchev–Trinajstić information content (AvgIpc) is 2.43. The van der Waals surface area contributed by atoms with E-state index >= 15 is 0 Å². The van der Waals surface area contributed by atoms with Crippen LogP contribution < -0.4 is 5.32 Å². The van der Waals surface area contributed by atoms with Crippen LogP contribution in [0.4, 0.5) is 10.2 Å². The van der Waals surface area contributed by atoms with Gasteiger partial charge in [0.2, 0.25) is 0 Å². The lowest BCUT2D eigenvalue weighted by Gasteiger charge is -2.36. The highest BCUT2D eigenvalue weighted by molar-refractivity contribution is 5.43. The van der Waals surface area contributed by atoms with E-state index in [1.807, 2.05) is 19.9 Å². The van der Waals surface area contributed by atoms with E-state index in [-0.39, 0.29) is 6.04 Å². The fourth-order valence-corrected chi connectivity index (χ4v) is 2.98. The van der Waals surface area contributed by atoms with Crippen LogP contribution in [-0.2, 0) is 0 Å². The molecule has 1 aliphatic rings. The van der Waals surface area contributed by atoms with Crippen molar-refractivity contribution in [2.45, 2.75) is 52.1 Å². The number of hydrogen-bond acceptors (Lipinski definition) is 2. The highest BCUT2D eigenvalue weighted by Gasteiger charge is 2.29. The van der Waals surface area contributed by atoms with Crippen LogP contribution in [0, 0.1) is 11.8 Å². The van der Waals surface area contributed by atoms with Crippen LogP contribution in [0.15, 0.2) is 30.3 Å². The summed E-state index contributed by atoms with van der Waals surface area (Å²) in [6.45, 7) is 6.68. The molecule has 3 heteroatoms. The van der Waals surface area contributed by atoms with Crippen molar-refractivity contribution in [3.05, 3.63) is 30.3 Å². The Balaban J connectivity index is 1.91. The quantitative estimate of drug-likeness (QED) is 0.798. The minimum Gasteiger partial charge on any atom is -0.382 e. The van der Waals surface area contributed by atoms with E-state index < -0.39 is 0 Å². The van der Waals surface area contributed by atoms with Crippen molar-refractivity contribution in [2.24, 2.45) is 11.8 Å². The molecule has 20 heavy (non-hydrogen) atoms. The summed E-state index contributed by atoms with van der Waals surface area (Å²) in [5.41, 5.74) is 1.17. The summed E-state index contributed by atoms with van der Waals surface area (Å²) in [4.78, 5) is 0. The first-order chi connectivity index (χ1) is 9.56. The van der Waals surface area contributed by atoms with E-state index in [0.717, 1.165) is 18.0 Å². The molecular weight excluding hydrogens is 251 g/mol. The zero-order chi connectivity index (χ0) is 14.5. The summed E-state index contributed by atoms with van der Waals surface area (Å²) in [5.74, 6) is 1.11. The molecule has 0 aliphatic heterocycles. The molecule has 2 rings (SSSR count). The van der Waals surface area contributed by atoms with Gasteiger partial charge >= 0.3 is 0 Å². The van der Waals surface area contributed by atoms with Gasteiger partial charge in [0.25, 0.3) is 0 Å². The van der Waals surface area contributed by atoms with Gasteiger partial charge in [0, 0.05) is 24.3 Å². The van der Waals surface area contributed by atoms with Crippen LogP contribution in [-0.4, -0.2) is 23.8 Å². The van der Waals surface area contributed by atoms with E-state index in [0.29, 0.717) is 24.4 Å². The molecule has 1 N–H and O–H groups in total. The molecule has 3 unspecified atom stereocenters. The molecule has 1 saturated carbocycles. The van der Waals surface area contributed by atoms with Crippen LogP contribution >= 0.6 is 0 Å². The number of nitrogens with one attached hydrogen (secondary N) is 1. The third-order valence-corrected chi connectivity index (χ3v) is 4.42. The van der Waals surface area contributed by atoms with Gasteiger partial charge in [0.05, 0.1) is 0 Å². The zero-order valence-electron chi connectivity index (χ0n) is 12.8. The van der Waals surface area contributed by atoms with Crippen molar-refractivity contribution in [1.82, 2.24) is 5.12 Å². The van der Waals surface area contributed by atoms with Crippen molar-refractivity contribution in [3.63, 3.8) is 0 Å². The van der Waals surface area contributed by atoms with Crippen LogP contribution in [0.3, 0.4) is 0 Å². The minimum atomic E-state index is -0.0186. The summed E-state index contributed by atoms with van der Waals surface area (Å²) < 4.78 is 13.8. The molecule has 0 spiro atoms. The molecule has 0 radical (unpaired) electrons. The minimum absolute atomic E-state index is 0.0186. The van der Waals surface area contributed by atoms with Gasteiger partial charge in [-0.2, -0.15) is 0 Å². The smallest absolute Gasteiger partial charge is 0.0346 e. The molecule has 1 aromatic rings. The van der Waals surface area contributed by atoms with Gasteiger partial charge in [-0.15, -0.1) is 9.60 Å². The fourth-order valence-electron chi connectivity index (χ4n) is 2.98. The lowest BCUT2D eigenvalue weighted by molar-refractivity contribution is -0.0296. The van der Waals surface area contributed by atoms with Crippen molar-refractivity contribution < 1.29 is 4.48 Å². The number of para-hydroxylation sites is 1. The Labute approximate surface area is 122 Å². The Hall–Kier alpha value is -1.09. The van der Waals surface area contributed by atoms with Crippen LogP contribution in [0.1, 0.15) is 40.0 Å². The Kier molecular flexibility index (Phi) is 5.41. The molecule has 3 atom stereocenters. The van der Waals surface area contributed by atoms with Crippen LogP contribution in [0.25, 0.3) is 0 Å². The monoisotopic (exact) mass is 278 g/mol. The molecule has 1 aliphatic carbocycles. The number of rotatable bonds is 5. The highest BCUT2D eigenvalue weighted by atomic mass is 19.2. The second kappa shape index (κ2) is 7.07. The number of hydrogen-bond donors (Lipinski definition) is 1. The zero-order valence-corrected chi connectivity index (χ0v) is 12.8. The largest absolute Gasteiger partial charge is 0.382 e. The predicted octanol–water partition coefficient (Wildman–Crippen LogP) is 4.50. The number of nitrogens with zero attached hydrogens (tertiary/aromatic N) is 1. The number of benzene rings is 1. The third kappa shape index (κ3) is 4.20. The Morgan fingerprint density at radius 1 is 1.25 bits per heavy atom. The Morgan fingerprint density at radius 3 is 2.60 bits per heavy atom. The lowest BCUT2D eigenvalue weighted by atomic mass is 9.79. The van der Waals surface area contributed by atoms with E-state index in [1.165, 1.54) is 12.1 Å². The molecule has 1 fully saturated rings. The fraction of sp³-hybridized carbons (Fsp3) is 0.647. The second-order valence-electron chi connectivity index (χ2n) is 6.45. The maximum Gasteiger partial charge on any atom is 0.0346 e. The van der Waals surface area contributed by atoms with Crippen molar-refractivity contribution in [3.8, 4) is 0 Å². The Morgan fingerprint density at radius 2 is 1.95 bits per heavy atom. The van der Waals surface area contributed by atoms with E-state index in [2.05, 4.69) is 36.5 Å². The number of halogens is 1. The Bertz CT molecular complexity index is 393. The molecule has 1 aromatic carbocycles. The van der Waals surface area contributed by atoms with Gasteiger partial charge in [0.15, 0.2) is 0 Å². The summed E-state index contributed by atoms with van der Waals surface area (Å²) >= 11 is 0. The molecule has 0 amide bonds. The summed E-state index contributed by atoms with van der Waals surface area (Å²) in [5, 5.41) is 4.61. The predicted molar refractivity (Wildman–Crippen MR) is 83.3 cm³/mol.